The van der Waals surface area contributed by atoms with E-state index in [9.17, 15) is 9.90 Å². The molecule has 0 heterocycles. The zero-order chi connectivity index (χ0) is 16.7. The Morgan fingerprint density at radius 3 is 2.61 bits per heavy atom. The molecule has 0 aliphatic carbocycles. The smallest absolute Gasteiger partial charge is 0.335 e. The lowest BCUT2D eigenvalue weighted by molar-refractivity contribution is 0.0696. The molecule has 0 aliphatic rings. The number of nitrogens with one attached hydrogen (secondary N) is 1. The Balaban J connectivity index is 1.70. The van der Waals surface area contributed by atoms with Gasteiger partial charge in [-0.15, -0.1) is 0 Å². The topological polar surface area (TPSA) is 78.8 Å². The van der Waals surface area contributed by atoms with Crippen LogP contribution in [0.25, 0.3) is 0 Å². The molecule has 0 radical (unpaired) electrons. The minimum Gasteiger partial charge on any atom is -0.491 e. The Kier molecular flexibility index (Phi) is 6.40. The van der Waals surface area contributed by atoms with E-state index in [1.165, 1.54) is 12.1 Å². The maximum atomic E-state index is 10.7. The number of hydrogen-bond donors (Lipinski definition) is 3. The quantitative estimate of drug-likeness (QED) is 0.691. The maximum absolute atomic E-state index is 10.7. The molecule has 1 unspecified atom stereocenters. The number of carboxylic acids is 1. The number of rotatable bonds is 8. The van der Waals surface area contributed by atoms with Crippen molar-refractivity contribution < 1.29 is 19.7 Å². The molecule has 0 fully saturated rings. The van der Waals surface area contributed by atoms with E-state index >= 15 is 0 Å². The average Bonchev–Trinajstić information content (AvgIpc) is 2.53. The van der Waals surface area contributed by atoms with Crippen molar-refractivity contribution in [3.8, 4) is 5.75 Å². The van der Waals surface area contributed by atoms with E-state index in [0.29, 0.717) is 23.9 Å². The molecule has 0 saturated heterocycles. The number of aliphatic hydroxyl groups excluding tert-OH is 1. The van der Waals surface area contributed by atoms with E-state index in [2.05, 4.69) is 5.32 Å². The monoisotopic (exact) mass is 335 g/mol. The van der Waals surface area contributed by atoms with E-state index < -0.39 is 12.1 Å². The number of hydrogen-bond acceptors (Lipinski definition) is 4. The predicted octanol–water partition coefficient (Wildman–Crippen LogP) is 2.57. The fourth-order valence-electron chi connectivity index (χ4n) is 1.98. The van der Waals surface area contributed by atoms with Gasteiger partial charge in [0.15, 0.2) is 0 Å². The second-order valence-corrected chi connectivity index (χ2v) is 5.49. The molecule has 2 aromatic rings. The lowest BCUT2D eigenvalue weighted by Gasteiger charge is -2.13. The number of aromatic carboxylic acids is 1. The van der Waals surface area contributed by atoms with Gasteiger partial charge in [0, 0.05) is 18.1 Å². The van der Waals surface area contributed by atoms with E-state index in [0.717, 1.165) is 5.56 Å². The van der Waals surface area contributed by atoms with Crippen molar-refractivity contribution in [2.45, 2.75) is 12.6 Å². The summed E-state index contributed by atoms with van der Waals surface area (Å²) < 4.78 is 5.42. The normalized spacial score (nSPS) is 11.9. The first-order valence-electron chi connectivity index (χ1n) is 7.14. The van der Waals surface area contributed by atoms with Crippen molar-refractivity contribution in [1.29, 1.82) is 0 Å². The fraction of sp³-hybridized carbons (Fsp3) is 0.235. The molecule has 0 bridgehead atoms. The van der Waals surface area contributed by atoms with Crippen molar-refractivity contribution >= 4 is 17.6 Å². The molecule has 1 atom stereocenters. The van der Waals surface area contributed by atoms with Gasteiger partial charge in [-0.25, -0.2) is 4.79 Å². The van der Waals surface area contributed by atoms with Gasteiger partial charge >= 0.3 is 5.97 Å². The molecular formula is C17H18ClNO4. The molecule has 6 heteroatoms. The summed E-state index contributed by atoms with van der Waals surface area (Å²) in [4.78, 5) is 10.7. The second kappa shape index (κ2) is 8.53. The number of carboxylic acid groups (broad SMARTS) is 1. The summed E-state index contributed by atoms with van der Waals surface area (Å²) in [5, 5.41) is 22.5. The first kappa shape index (κ1) is 17.3. The SMILES string of the molecule is O=C(O)c1ccc(OCC(O)CNCc2cccc(Cl)c2)cc1. The molecule has 3 N–H and O–H groups in total. The van der Waals surface area contributed by atoms with E-state index in [-0.39, 0.29) is 12.2 Å². The Morgan fingerprint density at radius 1 is 1.22 bits per heavy atom. The zero-order valence-electron chi connectivity index (χ0n) is 12.4. The predicted molar refractivity (Wildman–Crippen MR) is 88.1 cm³/mol. The summed E-state index contributed by atoms with van der Waals surface area (Å²) in [7, 11) is 0. The molecule has 0 saturated carbocycles. The largest absolute Gasteiger partial charge is 0.491 e. The van der Waals surface area contributed by atoms with Gasteiger partial charge in [-0.05, 0) is 42.0 Å². The van der Waals surface area contributed by atoms with Gasteiger partial charge in [0.2, 0.25) is 0 Å². The van der Waals surface area contributed by atoms with Crippen molar-refractivity contribution in [3.63, 3.8) is 0 Å². The van der Waals surface area contributed by atoms with Crippen LogP contribution in [0.2, 0.25) is 5.02 Å². The molecule has 0 aliphatic heterocycles. The highest BCUT2D eigenvalue weighted by atomic mass is 35.5. The van der Waals surface area contributed by atoms with Crippen LogP contribution in [-0.2, 0) is 6.54 Å². The Bertz CT molecular complexity index is 645. The van der Waals surface area contributed by atoms with Gasteiger partial charge in [-0.1, -0.05) is 23.7 Å². The third kappa shape index (κ3) is 5.90. The van der Waals surface area contributed by atoms with E-state index in [1.807, 2.05) is 24.3 Å². The second-order valence-electron chi connectivity index (χ2n) is 5.06. The highest BCUT2D eigenvalue weighted by molar-refractivity contribution is 6.30. The van der Waals surface area contributed by atoms with Crippen molar-refractivity contribution in [3.05, 3.63) is 64.7 Å². The van der Waals surface area contributed by atoms with E-state index in [1.54, 1.807) is 12.1 Å². The van der Waals surface area contributed by atoms with Gasteiger partial charge < -0.3 is 20.3 Å². The van der Waals surface area contributed by atoms with Crippen molar-refractivity contribution in [2.24, 2.45) is 0 Å². The van der Waals surface area contributed by atoms with Gasteiger partial charge in [-0.3, -0.25) is 0 Å². The van der Waals surface area contributed by atoms with Gasteiger partial charge in [0.1, 0.15) is 18.5 Å². The molecule has 5 nitrogen and oxygen atoms in total. The number of ether oxygens (including phenoxy) is 1. The minimum absolute atomic E-state index is 0.120. The van der Waals surface area contributed by atoms with Crippen LogP contribution in [0.1, 0.15) is 15.9 Å². The Labute approximate surface area is 139 Å². The maximum Gasteiger partial charge on any atom is 0.335 e. The summed E-state index contributed by atoms with van der Waals surface area (Å²) >= 11 is 5.90. The van der Waals surface area contributed by atoms with Crippen molar-refractivity contribution in [2.75, 3.05) is 13.2 Å². The summed E-state index contributed by atoms with van der Waals surface area (Å²) in [5.74, 6) is -0.467. The summed E-state index contributed by atoms with van der Waals surface area (Å²) in [6.07, 6.45) is -0.673. The number of halogens is 1. The molecule has 0 aromatic heterocycles. The summed E-state index contributed by atoms with van der Waals surface area (Å²) in [5.41, 5.74) is 1.23. The van der Waals surface area contributed by atoms with Crippen molar-refractivity contribution in [1.82, 2.24) is 5.32 Å². The first-order chi connectivity index (χ1) is 11.0. The molecule has 0 amide bonds. The first-order valence-corrected chi connectivity index (χ1v) is 7.52. The minimum atomic E-state index is -0.984. The zero-order valence-corrected chi connectivity index (χ0v) is 13.2. The third-order valence-corrected chi connectivity index (χ3v) is 3.38. The summed E-state index contributed by atoms with van der Waals surface area (Å²) in [6, 6.07) is 13.5. The van der Waals surface area contributed by atoms with Crippen LogP contribution in [0.15, 0.2) is 48.5 Å². The highest BCUT2D eigenvalue weighted by Gasteiger charge is 2.06. The van der Waals surface area contributed by atoms with Crippen LogP contribution < -0.4 is 10.1 Å². The van der Waals surface area contributed by atoms with Gasteiger partial charge in [0.25, 0.3) is 0 Å². The van der Waals surface area contributed by atoms with Gasteiger partial charge in [0.05, 0.1) is 5.56 Å². The van der Waals surface area contributed by atoms with Crippen LogP contribution in [0.5, 0.6) is 5.75 Å². The van der Waals surface area contributed by atoms with Gasteiger partial charge in [-0.2, -0.15) is 0 Å². The summed E-state index contributed by atoms with van der Waals surface area (Å²) in [6.45, 7) is 1.10. The highest BCUT2D eigenvalue weighted by Crippen LogP contribution is 2.12. The number of benzene rings is 2. The molecule has 0 spiro atoms. The van der Waals surface area contributed by atoms with Crippen LogP contribution in [0.3, 0.4) is 0 Å². The molecule has 2 rings (SSSR count). The number of aliphatic hydroxyl groups is 1. The lowest BCUT2D eigenvalue weighted by atomic mass is 10.2. The third-order valence-electron chi connectivity index (χ3n) is 3.14. The average molecular weight is 336 g/mol. The van der Waals surface area contributed by atoms with Crippen LogP contribution >= 0.6 is 11.6 Å². The van der Waals surface area contributed by atoms with Crippen LogP contribution in [0.4, 0.5) is 0 Å². The lowest BCUT2D eigenvalue weighted by Crippen LogP contribution is -2.31. The van der Waals surface area contributed by atoms with Crippen LogP contribution in [-0.4, -0.2) is 35.4 Å². The van der Waals surface area contributed by atoms with E-state index in [4.69, 9.17) is 21.4 Å². The fourth-order valence-corrected chi connectivity index (χ4v) is 2.19. The van der Waals surface area contributed by atoms with Crippen LogP contribution in [0, 0.1) is 0 Å². The Hall–Kier alpha value is -2.08. The number of carbonyl (C=O) groups is 1. The Morgan fingerprint density at radius 2 is 1.96 bits per heavy atom. The molecule has 23 heavy (non-hydrogen) atoms. The molecule has 2 aromatic carbocycles. The molecule has 122 valence electrons. The standard InChI is InChI=1S/C17H18ClNO4/c18-14-3-1-2-12(8-14)9-19-10-15(20)11-23-16-6-4-13(5-7-16)17(21)22/h1-8,15,19-20H,9-11H2,(H,21,22). The molecular weight excluding hydrogens is 318 g/mol.